The van der Waals surface area contributed by atoms with Crippen molar-refractivity contribution in [3.05, 3.63) is 356 Å². The average Bonchev–Trinajstić information content (AvgIpc) is 4.39. The summed E-state index contributed by atoms with van der Waals surface area (Å²) in [4.78, 5) is 15.6. The van der Waals surface area contributed by atoms with Crippen molar-refractivity contribution in [1.29, 1.82) is 0 Å². The standard InChI is InChI=1S/C77H46O/c78-74(48-35-39-60-57-24-8-14-30-67(57)76(72(60)44-48)64-27-11-3-19-52(64)53-20-4-12-28-65(53)76)49-36-40-61-59-38-34-47(43-71(59)77(73(61)45-49)68-31-15-5-21-54(68)55-22-6-16-32-69(55)77)41-46-33-37-58-56-23-7-13-29-66(56)75(70(58)42-46)62-25-9-1-17-50(62)51-18-2-10-26-63(51)75/h1-40,42-45H,41H2. The van der Waals surface area contributed by atoms with Crippen molar-refractivity contribution in [3.63, 3.8) is 0 Å². The maximum Gasteiger partial charge on any atom is 0.193 e. The zero-order chi connectivity index (χ0) is 51.1. The van der Waals surface area contributed by atoms with Gasteiger partial charge in [0.2, 0.25) is 0 Å². The summed E-state index contributed by atoms with van der Waals surface area (Å²) < 4.78 is 0. The summed E-state index contributed by atoms with van der Waals surface area (Å²) in [6.07, 6.45) is 0.772. The molecular formula is C77H46O. The molecule has 0 unspecified atom stereocenters. The second kappa shape index (κ2) is 15.0. The van der Waals surface area contributed by atoms with E-state index in [2.05, 4.69) is 267 Å². The Morgan fingerprint density at radius 1 is 0.218 bits per heavy atom. The summed E-state index contributed by atoms with van der Waals surface area (Å²) >= 11 is 0. The molecule has 0 atom stereocenters. The van der Waals surface area contributed by atoms with E-state index in [1.165, 1.54) is 139 Å². The fourth-order valence-electron chi connectivity index (χ4n) is 16.3. The van der Waals surface area contributed by atoms with E-state index < -0.39 is 16.2 Å². The van der Waals surface area contributed by atoms with Crippen LogP contribution >= 0.6 is 0 Å². The third-order valence-electron chi connectivity index (χ3n) is 19.1. The molecular weight excluding hydrogens is 941 g/mol. The van der Waals surface area contributed by atoms with Crippen molar-refractivity contribution >= 4 is 5.78 Å². The summed E-state index contributed by atoms with van der Waals surface area (Å²) in [6.45, 7) is 0. The summed E-state index contributed by atoms with van der Waals surface area (Å²) in [7, 11) is 0. The molecule has 1 nitrogen and oxygen atoms in total. The molecule has 78 heavy (non-hydrogen) atoms. The normalized spacial score (nSPS) is 15.1. The molecule has 3 spiro atoms. The Labute approximate surface area is 453 Å². The van der Waals surface area contributed by atoms with Crippen LogP contribution in [0.25, 0.3) is 66.8 Å². The summed E-state index contributed by atoms with van der Waals surface area (Å²) in [5, 5.41) is 0. The number of rotatable bonds is 4. The molecule has 0 aliphatic heterocycles. The molecule has 0 bridgehead atoms. The molecule has 12 aromatic rings. The molecule has 12 aromatic carbocycles. The van der Waals surface area contributed by atoms with E-state index >= 15 is 4.79 Å². The van der Waals surface area contributed by atoms with E-state index in [1.807, 2.05) is 0 Å². The van der Waals surface area contributed by atoms with Gasteiger partial charge >= 0.3 is 0 Å². The van der Waals surface area contributed by atoms with Crippen LogP contribution in [0.15, 0.2) is 267 Å². The maximum atomic E-state index is 15.6. The SMILES string of the molecule is O=C(c1ccc2c(c1)C1(c3ccccc3-c3ccccc31)c1ccccc1-2)c1ccc2c(c1)C1(c3ccccc3-c3ccccc31)c1cc(Cc3ccc4c(c3)C3(c5ccccc5-c5ccccc53)c3ccccc3-4)ccc1-2. The van der Waals surface area contributed by atoms with E-state index in [0.717, 1.165) is 12.0 Å². The molecule has 0 fully saturated rings. The second-order valence-electron chi connectivity index (χ2n) is 22.4. The van der Waals surface area contributed by atoms with Gasteiger partial charge in [-0.25, -0.2) is 0 Å². The van der Waals surface area contributed by atoms with Crippen LogP contribution in [0.1, 0.15) is 93.8 Å². The first kappa shape index (κ1) is 42.5. The topological polar surface area (TPSA) is 17.1 Å². The van der Waals surface area contributed by atoms with E-state index in [-0.39, 0.29) is 5.78 Å². The van der Waals surface area contributed by atoms with Gasteiger partial charge in [-0.05, 0) is 163 Å². The summed E-state index contributed by atoms with van der Waals surface area (Å²) in [6, 6.07) is 99.3. The Kier molecular flexibility index (Phi) is 8.20. The molecule has 360 valence electrons. The lowest BCUT2D eigenvalue weighted by molar-refractivity contribution is 0.103. The lowest BCUT2D eigenvalue weighted by atomic mass is 9.69. The number of carbonyl (C=O) groups excluding carboxylic acids is 1. The number of ketones is 1. The van der Waals surface area contributed by atoms with Crippen LogP contribution in [-0.4, -0.2) is 5.78 Å². The van der Waals surface area contributed by atoms with Gasteiger partial charge in [0.15, 0.2) is 5.78 Å². The molecule has 18 rings (SSSR count). The predicted octanol–water partition coefficient (Wildman–Crippen LogP) is 17.5. The molecule has 0 saturated carbocycles. The molecule has 0 heterocycles. The van der Waals surface area contributed by atoms with Crippen LogP contribution < -0.4 is 0 Å². The second-order valence-corrected chi connectivity index (χ2v) is 22.4. The minimum atomic E-state index is -0.633. The van der Waals surface area contributed by atoms with E-state index in [1.54, 1.807) is 0 Å². The average molecular weight is 987 g/mol. The fraction of sp³-hybridized carbons (Fsp3) is 0.0519. The lowest BCUT2D eigenvalue weighted by Gasteiger charge is -2.31. The highest BCUT2D eigenvalue weighted by Crippen LogP contribution is 2.66. The number of carbonyl (C=O) groups is 1. The minimum Gasteiger partial charge on any atom is -0.289 e. The Bertz CT molecular complexity index is 4520. The van der Waals surface area contributed by atoms with Crippen LogP contribution in [0.4, 0.5) is 0 Å². The molecule has 0 N–H and O–H groups in total. The van der Waals surface area contributed by atoms with Gasteiger partial charge in [-0.3, -0.25) is 4.79 Å². The van der Waals surface area contributed by atoms with Crippen LogP contribution in [0.2, 0.25) is 0 Å². The molecule has 0 amide bonds. The van der Waals surface area contributed by atoms with Crippen LogP contribution in [0.3, 0.4) is 0 Å². The van der Waals surface area contributed by atoms with Crippen molar-refractivity contribution in [2.24, 2.45) is 0 Å². The maximum absolute atomic E-state index is 15.6. The van der Waals surface area contributed by atoms with Crippen molar-refractivity contribution in [2.75, 3.05) is 0 Å². The predicted molar refractivity (Wildman–Crippen MR) is 314 cm³/mol. The Morgan fingerprint density at radius 2 is 0.423 bits per heavy atom. The van der Waals surface area contributed by atoms with Gasteiger partial charge in [-0.1, -0.05) is 255 Å². The Balaban J connectivity index is 0.786. The van der Waals surface area contributed by atoms with Gasteiger partial charge in [-0.15, -0.1) is 0 Å². The molecule has 0 radical (unpaired) electrons. The van der Waals surface area contributed by atoms with Gasteiger partial charge in [0.05, 0.1) is 16.2 Å². The third kappa shape index (κ3) is 4.98. The highest BCUT2D eigenvalue weighted by atomic mass is 16.1. The minimum absolute atomic E-state index is 0.0293. The largest absolute Gasteiger partial charge is 0.289 e. The van der Waals surface area contributed by atoms with E-state index in [9.17, 15) is 0 Å². The monoisotopic (exact) mass is 986 g/mol. The van der Waals surface area contributed by atoms with Crippen LogP contribution in [-0.2, 0) is 22.7 Å². The van der Waals surface area contributed by atoms with Gasteiger partial charge < -0.3 is 0 Å². The van der Waals surface area contributed by atoms with E-state index in [4.69, 9.17) is 0 Å². The molecule has 0 aromatic heterocycles. The molecule has 0 saturated heterocycles. The smallest absolute Gasteiger partial charge is 0.193 e. The molecule has 1 heteroatoms. The zero-order valence-corrected chi connectivity index (χ0v) is 42.5. The first-order chi connectivity index (χ1) is 38.6. The highest BCUT2D eigenvalue weighted by Gasteiger charge is 2.55. The molecule has 6 aliphatic carbocycles. The lowest BCUT2D eigenvalue weighted by Crippen LogP contribution is -2.26. The fourth-order valence-corrected chi connectivity index (χ4v) is 16.3. The van der Waals surface area contributed by atoms with Gasteiger partial charge in [0.1, 0.15) is 0 Å². The Hall–Kier alpha value is -9.69. The zero-order valence-electron chi connectivity index (χ0n) is 42.5. The number of hydrogen-bond acceptors (Lipinski definition) is 1. The van der Waals surface area contributed by atoms with E-state index in [0.29, 0.717) is 11.1 Å². The molecule has 6 aliphatic rings. The van der Waals surface area contributed by atoms with Gasteiger partial charge in [-0.2, -0.15) is 0 Å². The first-order valence-electron chi connectivity index (χ1n) is 27.5. The first-order valence-corrected chi connectivity index (χ1v) is 27.5. The highest BCUT2D eigenvalue weighted by molar-refractivity contribution is 6.11. The van der Waals surface area contributed by atoms with Gasteiger partial charge in [0, 0.05) is 11.1 Å². The van der Waals surface area contributed by atoms with Crippen LogP contribution in [0, 0.1) is 0 Å². The van der Waals surface area contributed by atoms with Crippen molar-refractivity contribution < 1.29 is 4.79 Å². The quantitative estimate of drug-likeness (QED) is 0.161. The summed E-state index contributed by atoms with van der Waals surface area (Å²) in [5.41, 5.74) is 32.9. The van der Waals surface area contributed by atoms with Crippen molar-refractivity contribution in [2.45, 2.75) is 22.7 Å². The van der Waals surface area contributed by atoms with Crippen molar-refractivity contribution in [1.82, 2.24) is 0 Å². The number of fused-ring (bicyclic) bond motifs is 30. The number of hydrogen-bond donors (Lipinski definition) is 0. The van der Waals surface area contributed by atoms with Crippen molar-refractivity contribution in [3.8, 4) is 66.8 Å². The Morgan fingerprint density at radius 3 is 0.692 bits per heavy atom. The number of benzene rings is 12. The van der Waals surface area contributed by atoms with Crippen LogP contribution in [0.5, 0.6) is 0 Å². The summed E-state index contributed by atoms with van der Waals surface area (Å²) in [5.74, 6) is 0.0293. The third-order valence-corrected chi connectivity index (χ3v) is 19.1. The van der Waals surface area contributed by atoms with Gasteiger partial charge in [0.25, 0.3) is 0 Å².